The Morgan fingerprint density at radius 1 is 1.40 bits per heavy atom. The lowest BCUT2D eigenvalue weighted by molar-refractivity contribution is -0.137. The number of hydrogen-bond donors (Lipinski definition) is 0. The average molecular weight is 215 g/mol. The van der Waals surface area contributed by atoms with Crippen molar-refractivity contribution in [2.75, 3.05) is 0 Å². The Hall–Kier alpha value is -1.70. The first-order valence-corrected chi connectivity index (χ1v) is 4.17. The van der Waals surface area contributed by atoms with E-state index in [1.54, 1.807) is 6.07 Å². The van der Waals surface area contributed by atoms with Gasteiger partial charge in [-0.1, -0.05) is 6.07 Å². The van der Waals surface area contributed by atoms with E-state index in [1.807, 2.05) is 0 Å². The number of ether oxygens (including phenoxy) is 1. The number of alkyl halides is 3. The Bertz CT molecular complexity index is 381. The standard InChI is InChI=1S/C10H8F3NO/c1-7(6-14)15-9-4-2-3-8(5-9)10(11,12)13/h2-5,7H,1H3. The molecule has 15 heavy (non-hydrogen) atoms. The molecule has 1 atom stereocenters. The highest BCUT2D eigenvalue weighted by Gasteiger charge is 2.30. The minimum atomic E-state index is -4.39. The average Bonchev–Trinajstić information content (AvgIpc) is 2.17. The van der Waals surface area contributed by atoms with Crippen molar-refractivity contribution in [2.24, 2.45) is 0 Å². The molecule has 80 valence electrons. The molecule has 0 bridgehead atoms. The molecule has 0 saturated carbocycles. The summed E-state index contributed by atoms with van der Waals surface area (Å²) >= 11 is 0. The molecule has 0 amide bonds. The molecular formula is C10H8F3NO. The van der Waals surface area contributed by atoms with Crippen LogP contribution in [0.4, 0.5) is 13.2 Å². The second kappa shape index (κ2) is 4.22. The van der Waals surface area contributed by atoms with Gasteiger partial charge in [0, 0.05) is 0 Å². The Kier molecular flexibility index (Phi) is 3.20. The summed E-state index contributed by atoms with van der Waals surface area (Å²) in [6.45, 7) is 1.46. The largest absolute Gasteiger partial charge is 0.476 e. The van der Waals surface area contributed by atoms with Gasteiger partial charge in [-0.2, -0.15) is 18.4 Å². The maximum Gasteiger partial charge on any atom is 0.416 e. The van der Waals surface area contributed by atoms with Gasteiger partial charge in [0.05, 0.1) is 5.56 Å². The Morgan fingerprint density at radius 2 is 2.07 bits per heavy atom. The zero-order valence-electron chi connectivity index (χ0n) is 7.88. The summed E-state index contributed by atoms with van der Waals surface area (Å²) in [7, 11) is 0. The third-order valence-corrected chi connectivity index (χ3v) is 1.66. The third-order valence-electron chi connectivity index (χ3n) is 1.66. The molecule has 5 heteroatoms. The molecule has 1 aromatic carbocycles. The molecule has 0 aromatic heterocycles. The van der Waals surface area contributed by atoms with Crippen LogP contribution in [0.5, 0.6) is 5.75 Å². The maximum absolute atomic E-state index is 12.3. The number of halogens is 3. The first kappa shape index (κ1) is 11.4. The van der Waals surface area contributed by atoms with Crippen molar-refractivity contribution in [1.82, 2.24) is 0 Å². The van der Waals surface area contributed by atoms with E-state index in [-0.39, 0.29) is 5.75 Å². The van der Waals surface area contributed by atoms with Gasteiger partial charge in [-0.05, 0) is 25.1 Å². The monoisotopic (exact) mass is 215 g/mol. The number of nitriles is 1. The molecule has 0 saturated heterocycles. The summed E-state index contributed by atoms with van der Waals surface area (Å²) in [4.78, 5) is 0. The molecule has 1 unspecified atom stereocenters. The van der Waals surface area contributed by atoms with Crippen LogP contribution in [0, 0.1) is 11.3 Å². The van der Waals surface area contributed by atoms with E-state index in [0.29, 0.717) is 0 Å². The second-order valence-electron chi connectivity index (χ2n) is 2.91. The minimum Gasteiger partial charge on any atom is -0.476 e. The summed E-state index contributed by atoms with van der Waals surface area (Å²) in [6.07, 6.45) is -5.16. The van der Waals surface area contributed by atoms with Crippen LogP contribution in [-0.4, -0.2) is 6.10 Å². The fourth-order valence-corrected chi connectivity index (χ4v) is 0.976. The van der Waals surface area contributed by atoms with Crippen LogP contribution < -0.4 is 4.74 Å². The quantitative estimate of drug-likeness (QED) is 0.759. The van der Waals surface area contributed by atoms with Gasteiger partial charge in [0.1, 0.15) is 11.8 Å². The van der Waals surface area contributed by atoms with Crippen LogP contribution in [0.1, 0.15) is 12.5 Å². The topological polar surface area (TPSA) is 33.0 Å². The fraction of sp³-hybridized carbons (Fsp3) is 0.300. The van der Waals surface area contributed by atoms with E-state index < -0.39 is 17.8 Å². The molecular weight excluding hydrogens is 207 g/mol. The molecule has 0 N–H and O–H groups in total. The third kappa shape index (κ3) is 3.17. The van der Waals surface area contributed by atoms with E-state index >= 15 is 0 Å². The Morgan fingerprint density at radius 3 is 2.60 bits per heavy atom. The van der Waals surface area contributed by atoms with Crippen LogP contribution in [-0.2, 0) is 6.18 Å². The van der Waals surface area contributed by atoms with Crippen molar-refractivity contribution in [2.45, 2.75) is 19.2 Å². The van der Waals surface area contributed by atoms with E-state index in [1.165, 1.54) is 19.1 Å². The lowest BCUT2D eigenvalue weighted by Crippen LogP contribution is -2.10. The summed E-state index contributed by atoms with van der Waals surface area (Å²) < 4.78 is 41.7. The fourth-order valence-electron chi connectivity index (χ4n) is 0.976. The van der Waals surface area contributed by atoms with E-state index in [9.17, 15) is 13.2 Å². The van der Waals surface area contributed by atoms with Gasteiger partial charge in [0.25, 0.3) is 0 Å². The van der Waals surface area contributed by atoms with Gasteiger partial charge < -0.3 is 4.74 Å². The van der Waals surface area contributed by atoms with Gasteiger partial charge in [0.2, 0.25) is 0 Å². The Labute approximate surface area is 84.9 Å². The van der Waals surface area contributed by atoms with Crippen molar-refractivity contribution in [1.29, 1.82) is 5.26 Å². The Balaban J connectivity index is 2.90. The summed E-state index contributed by atoms with van der Waals surface area (Å²) in [5.41, 5.74) is -0.787. The molecule has 0 aliphatic heterocycles. The normalized spacial score (nSPS) is 13.0. The van der Waals surface area contributed by atoms with Crippen molar-refractivity contribution in [3.63, 3.8) is 0 Å². The molecule has 0 fully saturated rings. The highest BCUT2D eigenvalue weighted by molar-refractivity contribution is 5.30. The summed E-state index contributed by atoms with van der Waals surface area (Å²) in [5.74, 6) is 0.0406. The van der Waals surface area contributed by atoms with E-state index in [4.69, 9.17) is 10.00 Å². The number of rotatable bonds is 2. The molecule has 0 aliphatic carbocycles. The number of nitrogens with zero attached hydrogens (tertiary/aromatic N) is 1. The van der Waals surface area contributed by atoms with Crippen molar-refractivity contribution in [3.05, 3.63) is 29.8 Å². The highest BCUT2D eigenvalue weighted by Crippen LogP contribution is 2.31. The van der Waals surface area contributed by atoms with Crippen LogP contribution in [0.25, 0.3) is 0 Å². The highest BCUT2D eigenvalue weighted by atomic mass is 19.4. The predicted molar refractivity (Wildman–Crippen MR) is 47.1 cm³/mol. The molecule has 0 aliphatic rings. The first-order valence-electron chi connectivity index (χ1n) is 4.17. The van der Waals surface area contributed by atoms with Gasteiger partial charge in [0.15, 0.2) is 6.10 Å². The van der Waals surface area contributed by atoms with Crippen molar-refractivity contribution >= 4 is 0 Å². The van der Waals surface area contributed by atoms with Crippen LogP contribution in [0.3, 0.4) is 0 Å². The van der Waals surface area contributed by atoms with Gasteiger partial charge in [-0.15, -0.1) is 0 Å². The molecule has 2 nitrogen and oxygen atoms in total. The number of benzene rings is 1. The van der Waals surface area contributed by atoms with Crippen molar-refractivity contribution in [3.8, 4) is 11.8 Å². The minimum absolute atomic E-state index is 0.0406. The van der Waals surface area contributed by atoms with Crippen LogP contribution in [0.15, 0.2) is 24.3 Å². The molecule has 0 radical (unpaired) electrons. The zero-order valence-corrected chi connectivity index (χ0v) is 7.88. The molecule has 0 spiro atoms. The zero-order chi connectivity index (χ0) is 11.5. The summed E-state index contributed by atoms with van der Waals surface area (Å²) in [5, 5.41) is 8.43. The molecule has 1 rings (SSSR count). The first-order chi connectivity index (χ1) is 6.93. The van der Waals surface area contributed by atoms with Crippen molar-refractivity contribution < 1.29 is 17.9 Å². The van der Waals surface area contributed by atoms with Crippen LogP contribution in [0.2, 0.25) is 0 Å². The lowest BCUT2D eigenvalue weighted by atomic mass is 10.2. The molecule has 0 heterocycles. The van der Waals surface area contributed by atoms with Gasteiger partial charge in [-0.25, -0.2) is 0 Å². The SMILES string of the molecule is CC(C#N)Oc1cccc(C(F)(F)F)c1. The van der Waals surface area contributed by atoms with Gasteiger partial charge in [-0.3, -0.25) is 0 Å². The van der Waals surface area contributed by atoms with E-state index in [0.717, 1.165) is 12.1 Å². The summed E-state index contributed by atoms with van der Waals surface area (Å²) in [6, 6.07) is 6.20. The van der Waals surface area contributed by atoms with Gasteiger partial charge >= 0.3 is 6.18 Å². The smallest absolute Gasteiger partial charge is 0.416 e. The second-order valence-corrected chi connectivity index (χ2v) is 2.91. The maximum atomic E-state index is 12.3. The lowest BCUT2D eigenvalue weighted by Gasteiger charge is -2.10. The van der Waals surface area contributed by atoms with E-state index in [2.05, 4.69) is 0 Å². The molecule has 1 aromatic rings. The van der Waals surface area contributed by atoms with Crippen LogP contribution >= 0.6 is 0 Å². The number of hydrogen-bond acceptors (Lipinski definition) is 2. The predicted octanol–water partition coefficient (Wildman–Crippen LogP) is 3.00.